The van der Waals surface area contributed by atoms with E-state index in [4.69, 9.17) is 5.11 Å². The molecule has 1 heterocycles. The number of carboxylic acid groups (broad SMARTS) is 1. The monoisotopic (exact) mass is 254 g/mol. The molecule has 1 saturated carbocycles. The molecule has 1 amide bonds. The lowest BCUT2D eigenvalue weighted by atomic mass is 9.94. The van der Waals surface area contributed by atoms with Crippen LogP contribution in [0.15, 0.2) is 0 Å². The molecule has 0 spiro atoms. The van der Waals surface area contributed by atoms with Crippen LogP contribution in [0.3, 0.4) is 0 Å². The third kappa shape index (κ3) is 4.29. The van der Waals surface area contributed by atoms with Crippen LogP contribution in [-0.2, 0) is 9.59 Å². The number of carboxylic acids is 1. The van der Waals surface area contributed by atoms with E-state index < -0.39 is 5.97 Å². The molecule has 0 radical (unpaired) electrons. The molecular weight excluding hydrogens is 232 g/mol. The highest BCUT2D eigenvalue weighted by molar-refractivity contribution is 5.77. The molecular formula is C13H22N2O3. The number of amides is 1. The third-order valence-corrected chi connectivity index (χ3v) is 3.86. The van der Waals surface area contributed by atoms with E-state index in [1.165, 1.54) is 0 Å². The van der Waals surface area contributed by atoms with Crippen LogP contribution in [0.2, 0.25) is 0 Å². The molecule has 5 nitrogen and oxygen atoms in total. The summed E-state index contributed by atoms with van der Waals surface area (Å²) in [4.78, 5) is 22.7. The average Bonchev–Trinajstić information content (AvgIpc) is 3.12. The third-order valence-electron chi connectivity index (χ3n) is 3.86. The van der Waals surface area contributed by atoms with E-state index in [1.807, 2.05) is 0 Å². The molecule has 18 heavy (non-hydrogen) atoms. The van der Waals surface area contributed by atoms with Crippen LogP contribution in [0.1, 0.15) is 38.5 Å². The van der Waals surface area contributed by atoms with Gasteiger partial charge in [0.25, 0.3) is 0 Å². The number of nitrogens with one attached hydrogen (secondary N) is 2. The van der Waals surface area contributed by atoms with Crippen LogP contribution in [0.25, 0.3) is 0 Å². The lowest BCUT2D eigenvalue weighted by Gasteiger charge is -2.23. The second-order valence-corrected chi connectivity index (χ2v) is 5.51. The van der Waals surface area contributed by atoms with Gasteiger partial charge in [-0.1, -0.05) is 0 Å². The Morgan fingerprint density at radius 2 is 1.89 bits per heavy atom. The van der Waals surface area contributed by atoms with Crippen molar-refractivity contribution < 1.29 is 14.7 Å². The van der Waals surface area contributed by atoms with Crippen molar-refractivity contribution in [2.75, 3.05) is 13.1 Å². The second-order valence-electron chi connectivity index (χ2n) is 5.51. The van der Waals surface area contributed by atoms with Gasteiger partial charge in [-0.3, -0.25) is 9.59 Å². The fraction of sp³-hybridized carbons (Fsp3) is 0.846. The molecule has 1 saturated heterocycles. The average molecular weight is 254 g/mol. The first-order valence-electron chi connectivity index (χ1n) is 6.87. The number of hydrogen-bond donors (Lipinski definition) is 3. The first-order chi connectivity index (χ1) is 8.65. The number of piperidine rings is 1. The summed E-state index contributed by atoms with van der Waals surface area (Å²) in [5.41, 5.74) is 0. The van der Waals surface area contributed by atoms with Gasteiger partial charge in [0.1, 0.15) is 0 Å². The summed E-state index contributed by atoms with van der Waals surface area (Å²) in [5, 5.41) is 15.0. The molecule has 2 aliphatic rings. The Morgan fingerprint density at radius 3 is 2.44 bits per heavy atom. The number of hydrogen-bond acceptors (Lipinski definition) is 3. The van der Waals surface area contributed by atoms with E-state index in [0.29, 0.717) is 18.3 Å². The van der Waals surface area contributed by atoms with Crippen LogP contribution in [0, 0.1) is 11.8 Å². The molecule has 1 atom stereocenters. The minimum atomic E-state index is -0.825. The van der Waals surface area contributed by atoms with E-state index in [9.17, 15) is 9.59 Å². The van der Waals surface area contributed by atoms with Crippen LogP contribution >= 0.6 is 0 Å². The molecule has 0 aromatic heterocycles. The molecule has 0 aromatic rings. The SMILES string of the molecule is O=C(O)CC(NC(=O)CC1CCNCC1)C1CC1. The van der Waals surface area contributed by atoms with Gasteiger partial charge in [-0.25, -0.2) is 0 Å². The Hall–Kier alpha value is -1.10. The lowest BCUT2D eigenvalue weighted by Crippen LogP contribution is -2.40. The van der Waals surface area contributed by atoms with Gasteiger partial charge in [0.15, 0.2) is 0 Å². The predicted octanol–water partition coefficient (Wildman–Crippen LogP) is 0.746. The zero-order chi connectivity index (χ0) is 13.0. The summed E-state index contributed by atoms with van der Waals surface area (Å²) in [7, 11) is 0. The maximum Gasteiger partial charge on any atom is 0.305 e. The zero-order valence-electron chi connectivity index (χ0n) is 10.7. The van der Waals surface area contributed by atoms with Crippen molar-refractivity contribution in [2.45, 2.75) is 44.6 Å². The van der Waals surface area contributed by atoms with Gasteiger partial charge >= 0.3 is 5.97 Å². The number of rotatable bonds is 6. The summed E-state index contributed by atoms with van der Waals surface area (Å²) in [6.45, 7) is 1.97. The quantitative estimate of drug-likeness (QED) is 0.653. The summed E-state index contributed by atoms with van der Waals surface area (Å²) < 4.78 is 0. The van der Waals surface area contributed by atoms with Gasteiger partial charge in [0, 0.05) is 12.5 Å². The Balaban J connectivity index is 1.75. The smallest absolute Gasteiger partial charge is 0.305 e. The van der Waals surface area contributed by atoms with E-state index in [2.05, 4.69) is 10.6 Å². The highest BCUT2D eigenvalue weighted by Gasteiger charge is 2.34. The normalized spacial score (nSPS) is 22.4. The van der Waals surface area contributed by atoms with Crippen molar-refractivity contribution in [3.8, 4) is 0 Å². The second kappa shape index (κ2) is 6.18. The summed E-state index contributed by atoms with van der Waals surface area (Å²) in [6.07, 6.45) is 4.78. The fourth-order valence-corrected chi connectivity index (χ4v) is 2.64. The number of carbonyl (C=O) groups excluding carboxylic acids is 1. The highest BCUT2D eigenvalue weighted by Crippen LogP contribution is 2.34. The van der Waals surface area contributed by atoms with Crippen LogP contribution in [0.5, 0.6) is 0 Å². The number of carbonyl (C=O) groups is 2. The Morgan fingerprint density at radius 1 is 1.22 bits per heavy atom. The molecule has 102 valence electrons. The van der Waals surface area contributed by atoms with Gasteiger partial charge in [-0.05, 0) is 50.6 Å². The zero-order valence-corrected chi connectivity index (χ0v) is 10.7. The Labute approximate surface area is 107 Å². The molecule has 2 rings (SSSR count). The van der Waals surface area contributed by atoms with Gasteiger partial charge in [0.2, 0.25) is 5.91 Å². The van der Waals surface area contributed by atoms with E-state index in [0.717, 1.165) is 38.8 Å². The van der Waals surface area contributed by atoms with Crippen molar-refractivity contribution in [3.63, 3.8) is 0 Å². The minimum Gasteiger partial charge on any atom is -0.481 e. The van der Waals surface area contributed by atoms with Gasteiger partial charge < -0.3 is 15.7 Å². The Kier molecular flexibility index (Phi) is 4.58. The van der Waals surface area contributed by atoms with E-state index in [1.54, 1.807) is 0 Å². The molecule has 2 fully saturated rings. The first kappa shape index (κ1) is 13.3. The topological polar surface area (TPSA) is 78.4 Å². The maximum absolute atomic E-state index is 11.9. The molecule has 1 aliphatic heterocycles. The largest absolute Gasteiger partial charge is 0.481 e. The van der Waals surface area contributed by atoms with Crippen molar-refractivity contribution >= 4 is 11.9 Å². The lowest BCUT2D eigenvalue weighted by molar-refractivity contribution is -0.137. The summed E-state index contributed by atoms with van der Waals surface area (Å²) in [6, 6.07) is -0.156. The fourth-order valence-electron chi connectivity index (χ4n) is 2.64. The van der Waals surface area contributed by atoms with Crippen molar-refractivity contribution in [1.29, 1.82) is 0 Å². The Bertz CT molecular complexity index is 309. The van der Waals surface area contributed by atoms with Crippen LogP contribution < -0.4 is 10.6 Å². The number of aliphatic carboxylic acids is 1. The van der Waals surface area contributed by atoms with Gasteiger partial charge in [0.05, 0.1) is 6.42 Å². The molecule has 0 bridgehead atoms. The van der Waals surface area contributed by atoms with Gasteiger partial charge in [-0.2, -0.15) is 0 Å². The van der Waals surface area contributed by atoms with Crippen LogP contribution in [-0.4, -0.2) is 36.1 Å². The molecule has 5 heteroatoms. The maximum atomic E-state index is 11.9. The van der Waals surface area contributed by atoms with Crippen molar-refractivity contribution in [2.24, 2.45) is 11.8 Å². The van der Waals surface area contributed by atoms with Crippen molar-refractivity contribution in [1.82, 2.24) is 10.6 Å². The van der Waals surface area contributed by atoms with Gasteiger partial charge in [-0.15, -0.1) is 0 Å². The minimum absolute atomic E-state index is 0.0278. The molecule has 3 N–H and O–H groups in total. The van der Waals surface area contributed by atoms with E-state index in [-0.39, 0.29) is 18.4 Å². The summed E-state index contributed by atoms with van der Waals surface area (Å²) in [5.74, 6) is 0.0446. The molecule has 1 unspecified atom stereocenters. The predicted molar refractivity (Wildman–Crippen MR) is 67.1 cm³/mol. The van der Waals surface area contributed by atoms with Crippen LogP contribution in [0.4, 0.5) is 0 Å². The van der Waals surface area contributed by atoms with E-state index >= 15 is 0 Å². The molecule has 0 aromatic carbocycles. The van der Waals surface area contributed by atoms with Crippen molar-refractivity contribution in [3.05, 3.63) is 0 Å². The highest BCUT2D eigenvalue weighted by atomic mass is 16.4. The standard InChI is InChI=1S/C13H22N2O3/c16-12(7-9-3-5-14-6-4-9)15-11(8-13(17)18)10-1-2-10/h9-11,14H,1-8H2,(H,15,16)(H,17,18). The summed E-state index contributed by atoms with van der Waals surface area (Å²) >= 11 is 0. The first-order valence-corrected chi connectivity index (χ1v) is 6.87. The molecule has 1 aliphatic carbocycles.